The van der Waals surface area contributed by atoms with Crippen LogP contribution in [0.5, 0.6) is 0 Å². The molecule has 3 aromatic rings. The van der Waals surface area contributed by atoms with Crippen molar-refractivity contribution in [1.29, 1.82) is 0 Å². The number of Topliss-reactive ketones (excluding diaryl/α,β-unsaturated/α-hetero) is 1. The van der Waals surface area contributed by atoms with Crippen molar-refractivity contribution in [2.24, 2.45) is 28.6 Å². The molecule has 0 spiro atoms. The fraction of sp³-hybridized carbons (Fsp3) is 0.489. The molecule has 7 rings (SSSR count). The first kappa shape index (κ1) is 44.6. The van der Waals surface area contributed by atoms with Gasteiger partial charge >= 0.3 is 23.9 Å². The number of benzene rings is 3. The molecule has 4 fully saturated rings. The number of amides is 1. The number of hydrogen-bond acceptors (Lipinski definition) is 14. The standard InChI is InChI=1S/C47H53NO14/c1-25-31(60-43(56)36(52)35(28-16-10-7-11-17-28)48-41(54)29-18-12-8-13-19-29)23-47(57)40(61-42(55)30-20-14-9-15-21-30)38-45(6,32(51)22-33-46(38,24-58-33)62-27(3)50)39(53)37(59-26(2)49)34(25)44(47,4)5/h7-21,25,31-38,40,51-52,57H,22-24H2,1-6H3,(H,48,54)/t25-,31-,32-,33+,34?,35-,36+,37+,38-,40-,45+,46-,47+/m0/s1. The van der Waals surface area contributed by atoms with Crippen LogP contribution in [0.2, 0.25) is 0 Å². The first-order valence-electron chi connectivity index (χ1n) is 20.8. The minimum atomic E-state index is -2.33. The Morgan fingerprint density at radius 1 is 0.823 bits per heavy atom. The third-order valence-electron chi connectivity index (χ3n) is 14.0. The van der Waals surface area contributed by atoms with E-state index in [0.717, 1.165) is 13.8 Å². The molecule has 3 aromatic carbocycles. The number of rotatable bonds is 10. The first-order chi connectivity index (χ1) is 29.3. The average molecular weight is 856 g/mol. The molecule has 4 N–H and O–H groups in total. The van der Waals surface area contributed by atoms with E-state index in [2.05, 4.69) is 5.32 Å². The Morgan fingerprint density at radius 3 is 1.95 bits per heavy atom. The SMILES string of the molecule is CC(=O)O[C@H]1C(=O)[C@@]2(C)[C@H]([C@H](OC(=O)c3ccccc3)[C@]3(O)C[C@H](OC(=O)[C@H](O)[C@@H](NC(=O)c4ccccc4)c4ccccc4)[C@H](C)C1C3(C)C)[C@]1(OC(C)=O)CO[C@@H]1C[C@@H]2O. The number of esters is 4. The van der Waals surface area contributed by atoms with E-state index < -0.39 is 124 Å². The van der Waals surface area contributed by atoms with Gasteiger partial charge in [-0.05, 0) is 36.8 Å². The third-order valence-corrected chi connectivity index (χ3v) is 14.0. The molecule has 15 nitrogen and oxygen atoms in total. The van der Waals surface area contributed by atoms with Crippen molar-refractivity contribution in [2.75, 3.05) is 6.61 Å². The van der Waals surface area contributed by atoms with Crippen molar-refractivity contribution in [3.63, 3.8) is 0 Å². The zero-order valence-corrected chi connectivity index (χ0v) is 35.4. The predicted molar refractivity (Wildman–Crippen MR) is 218 cm³/mol. The van der Waals surface area contributed by atoms with Gasteiger partial charge in [-0.2, -0.15) is 0 Å². The van der Waals surface area contributed by atoms with Crippen LogP contribution in [0, 0.1) is 28.6 Å². The summed E-state index contributed by atoms with van der Waals surface area (Å²) in [5.41, 5.74) is -6.93. The maximum absolute atomic E-state index is 15.5. The summed E-state index contributed by atoms with van der Waals surface area (Å²) >= 11 is 0. The summed E-state index contributed by atoms with van der Waals surface area (Å²) in [5, 5.41) is 40.3. The van der Waals surface area contributed by atoms with E-state index in [9.17, 15) is 39.3 Å². The second-order valence-electron chi connectivity index (χ2n) is 17.8. The molecule has 0 aromatic heterocycles. The van der Waals surface area contributed by atoms with Gasteiger partial charge in [0.1, 0.15) is 23.9 Å². The highest BCUT2D eigenvalue weighted by Gasteiger charge is 2.79. The molecule has 1 unspecified atom stereocenters. The zero-order valence-electron chi connectivity index (χ0n) is 35.4. The number of aliphatic hydroxyl groups is 3. The summed E-state index contributed by atoms with van der Waals surface area (Å²) < 4.78 is 30.4. The number of fused-ring (bicyclic) bond motifs is 5. The largest absolute Gasteiger partial charge is 0.460 e. The van der Waals surface area contributed by atoms with Crippen molar-refractivity contribution in [1.82, 2.24) is 5.32 Å². The van der Waals surface area contributed by atoms with Gasteiger partial charge in [0.2, 0.25) is 0 Å². The fourth-order valence-corrected chi connectivity index (χ4v) is 10.8. The van der Waals surface area contributed by atoms with Crippen LogP contribution in [0.4, 0.5) is 0 Å². The van der Waals surface area contributed by atoms with Crippen LogP contribution in [0.25, 0.3) is 0 Å². The molecule has 1 heterocycles. The van der Waals surface area contributed by atoms with Crippen LogP contribution in [-0.4, -0.2) is 105 Å². The van der Waals surface area contributed by atoms with Gasteiger partial charge in [0.25, 0.3) is 5.91 Å². The highest BCUT2D eigenvalue weighted by molar-refractivity contribution is 5.95. The highest BCUT2D eigenvalue weighted by atomic mass is 16.6. The molecule has 1 amide bonds. The summed E-state index contributed by atoms with van der Waals surface area (Å²) in [6.45, 7) is 8.28. The molecule has 330 valence electrons. The molecule has 2 bridgehead atoms. The molecule has 1 aliphatic heterocycles. The van der Waals surface area contributed by atoms with Crippen molar-refractivity contribution in [3.05, 3.63) is 108 Å². The van der Waals surface area contributed by atoms with E-state index in [1.165, 1.54) is 19.1 Å². The second-order valence-corrected chi connectivity index (χ2v) is 17.8. The lowest BCUT2D eigenvalue weighted by molar-refractivity contribution is -0.355. The van der Waals surface area contributed by atoms with Crippen LogP contribution in [0.15, 0.2) is 91.0 Å². The van der Waals surface area contributed by atoms with Crippen molar-refractivity contribution < 1.29 is 67.8 Å². The van der Waals surface area contributed by atoms with E-state index >= 15 is 4.79 Å². The summed E-state index contributed by atoms with van der Waals surface area (Å²) in [6.07, 6.45) is -10.1. The molecule has 0 radical (unpaired) electrons. The number of nitrogens with one attached hydrogen (secondary N) is 1. The Morgan fingerprint density at radius 2 is 1.40 bits per heavy atom. The lowest BCUT2D eigenvalue weighted by Gasteiger charge is -2.69. The lowest BCUT2D eigenvalue weighted by Crippen LogP contribution is -2.83. The number of ether oxygens (including phenoxy) is 5. The van der Waals surface area contributed by atoms with E-state index in [1.807, 2.05) is 0 Å². The van der Waals surface area contributed by atoms with E-state index in [4.69, 9.17) is 23.7 Å². The van der Waals surface area contributed by atoms with Crippen molar-refractivity contribution in [2.45, 2.75) is 108 Å². The monoisotopic (exact) mass is 855 g/mol. The molecular weight excluding hydrogens is 803 g/mol. The van der Waals surface area contributed by atoms with Gasteiger partial charge in [-0.1, -0.05) is 87.5 Å². The average Bonchev–Trinajstić information content (AvgIpc) is 3.24. The smallest absolute Gasteiger partial charge is 0.338 e. The van der Waals surface area contributed by atoms with Crippen LogP contribution in [-0.2, 0) is 42.9 Å². The highest BCUT2D eigenvalue weighted by Crippen LogP contribution is 2.65. The molecular formula is C47H53NO14. The molecule has 62 heavy (non-hydrogen) atoms. The Kier molecular flexibility index (Phi) is 12.0. The van der Waals surface area contributed by atoms with E-state index in [1.54, 1.807) is 99.6 Å². The maximum Gasteiger partial charge on any atom is 0.338 e. The number of ketones is 1. The number of hydrogen-bond donors (Lipinski definition) is 4. The molecule has 3 saturated carbocycles. The van der Waals surface area contributed by atoms with Gasteiger partial charge < -0.3 is 44.3 Å². The molecule has 3 aliphatic carbocycles. The molecule has 13 atom stereocenters. The van der Waals surface area contributed by atoms with Crippen LogP contribution < -0.4 is 5.32 Å². The Balaban J connectivity index is 1.36. The molecule has 15 heteroatoms. The van der Waals surface area contributed by atoms with Crippen LogP contribution in [0.1, 0.15) is 86.7 Å². The topological polar surface area (TPSA) is 221 Å². The van der Waals surface area contributed by atoms with Gasteiger partial charge in [-0.25, -0.2) is 9.59 Å². The normalized spacial score (nSPS) is 34.2. The predicted octanol–water partition coefficient (Wildman–Crippen LogP) is 3.67. The number of carbonyl (C=O) groups excluding carboxylic acids is 6. The number of aliphatic hydroxyl groups excluding tert-OH is 2. The quantitative estimate of drug-likeness (QED) is 0.169. The van der Waals surface area contributed by atoms with Gasteiger partial charge in [0, 0.05) is 49.5 Å². The van der Waals surface area contributed by atoms with Crippen LogP contribution >= 0.6 is 0 Å². The minimum Gasteiger partial charge on any atom is -0.460 e. The third kappa shape index (κ3) is 7.37. The van der Waals surface area contributed by atoms with Crippen molar-refractivity contribution >= 4 is 35.6 Å². The Labute approximate surface area is 359 Å². The van der Waals surface area contributed by atoms with Gasteiger partial charge in [-0.15, -0.1) is 0 Å². The lowest BCUT2D eigenvalue weighted by atomic mass is 9.42. The van der Waals surface area contributed by atoms with Crippen LogP contribution in [0.3, 0.4) is 0 Å². The summed E-state index contributed by atoms with van der Waals surface area (Å²) in [7, 11) is 0. The van der Waals surface area contributed by atoms with E-state index in [-0.39, 0.29) is 24.2 Å². The summed E-state index contributed by atoms with van der Waals surface area (Å²) in [6, 6.07) is 23.1. The van der Waals surface area contributed by atoms with Gasteiger partial charge in [0.15, 0.2) is 23.6 Å². The Hall–Kier alpha value is -5.48. The minimum absolute atomic E-state index is 0.0809. The first-order valence-corrected chi connectivity index (χ1v) is 20.8. The zero-order chi connectivity index (χ0) is 44.9. The summed E-state index contributed by atoms with van der Waals surface area (Å²) in [4.78, 5) is 83.6. The summed E-state index contributed by atoms with van der Waals surface area (Å²) in [5.74, 6) is -8.77. The Bertz CT molecular complexity index is 2200. The number of carbonyl (C=O) groups is 6. The van der Waals surface area contributed by atoms with Crippen molar-refractivity contribution in [3.8, 4) is 0 Å². The van der Waals surface area contributed by atoms with Gasteiger partial charge in [0.05, 0.1) is 35.6 Å². The maximum atomic E-state index is 15.5. The van der Waals surface area contributed by atoms with E-state index in [0.29, 0.717) is 5.56 Å². The second kappa shape index (κ2) is 16.7. The molecule has 1 saturated heterocycles. The van der Waals surface area contributed by atoms with Gasteiger partial charge in [-0.3, -0.25) is 19.2 Å². The fourth-order valence-electron chi connectivity index (χ4n) is 10.8. The molecule has 4 aliphatic rings.